The van der Waals surface area contributed by atoms with Crippen molar-refractivity contribution in [1.29, 1.82) is 5.26 Å². The zero-order valence-corrected chi connectivity index (χ0v) is 10.1. The Labute approximate surface area is 99.4 Å². The lowest BCUT2D eigenvalue weighted by atomic mass is 10.2. The van der Waals surface area contributed by atoms with Crippen LogP contribution in [0.5, 0.6) is 0 Å². The Morgan fingerprint density at radius 2 is 2.19 bits per heavy atom. The third-order valence-electron chi connectivity index (χ3n) is 1.74. The Morgan fingerprint density at radius 3 is 2.81 bits per heavy atom. The largest absolute Gasteiger partial charge is 0.459 e. The molecule has 0 aromatic heterocycles. The molecule has 0 fully saturated rings. The van der Waals surface area contributed by atoms with Crippen molar-refractivity contribution in [3.05, 3.63) is 29.8 Å². The predicted octanol–water partition coefficient (Wildman–Crippen LogP) is 2.87. The number of carbonyl (C=O) groups is 1. The lowest BCUT2D eigenvalue weighted by Crippen LogP contribution is -2.12. The lowest BCUT2D eigenvalue weighted by molar-refractivity contribution is 0.0374. The van der Waals surface area contributed by atoms with E-state index in [4.69, 9.17) is 10.00 Å². The molecule has 0 aliphatic heterocycles. The number of nitrogens with zero attached hydrogens (tertiary/aromatic N) is 1. The summed E-state index contributed by atoms with van der Waals surface area (Å²) in [5, 5.41) is 8.52. The summed E-state index contributed by atoms with van der Waals surface area (Å²) in [5.74, 6) is -0.0116. The van der Waals surface area contributed by atoms with E-state index >= 15 is 0 Å². The first-order valence-electron chi connectivity index (χ1n) is 4.95. The first-order valence-corrected chi connectivity index (χ1v) is 5.93. The Kier molecular flexibility index (Phi) is 4.87. The number of carbonyl (C=O) groups excluding carboxylic acids is 1. The van der Waals surface area contributed by atoms with Gasteiger partial charge in [-0.3, -0.25) is 0 Å². The molecule has 0 spiro atoms. The maximum atomic E-state index is 11.7. The van der Waals surface area contributed by atoms with E-state index in [-0.39, 0.29) is 12.1 Å². The Hall–Kier alpha value is -1.47. The molecule has 16 heavy (non-hydrogen) atoms. The van der Waals surface area contributed by atoms with E-state index in [0.29, 0.717) is 11.3 Å². The number of nitriles is 1. The van der Waals surface area contributed by atoms with Crippen molar-refractivity contribution in [3.63, 3.8) is 0 Å². The van der Waals surface area contributed by atoms with Crippen LogP contribution in [0.2, 0.25) is 0 Å². The third-order valence-corrected chi connectivity index (χ3v) is 2.68. The fourth-order valence-electron chi connectivity index (χ4n) is 1.15. The van der Waals surface area contributed by atoms with Gasteiger partial charge in [-0.1, -0.05) is 12.1 Å². The predicted molar refractivity (Wildman–Crippen MR) is 63.3 cm³/mol. The van der Waals surface area contributed by atoms with Crippen molar-refractivity contribution in [2.45, 2.75) is 24.8 Å². The van der Waals surface area contributed by atoms with Crippen LogP contribution in [0.15, 0.2) is 29.2 Å². The van der Waals surface area contributed by atoms with Crippen molar-refractivity contribution in [3.8, 4) is 6.07 Å². The topological polar surface area (TPSA) is 50.1 Å². The molecule has 0 N–H and O–H groups in total. The summed E-state index contributed by atoms with van der Waals surface area (Å²) in [7, 11) is 0. The molecule has 1 aromatic carbocycles. The van der Waals surface area contributed by atoms with E-state index in [1.807, 2.05) is 32.0 Å². The van der Waals surface area contributed by atoms with Crippen LogP contribution in [0.4, 0.5) is 0 Å². The van der Waals surface area contributed by atoms with Crippen LogP contribution in [0.3, 0.4) is 0 Å². The first kappa shape index (κ1) is 12.6. The molecule has 0 unspecified atom stereocenters. The van der Waals surface area contributed by atoms with Gasteiger partial charge in [0.1, 0.15) is 0 Å². The van der Waals surface area contributed by atoms with Crippen LogP contribution in [-0.4, -0.2) is 17.8 Å². The second kappa shape index (κ2) is 6.19. The van der Waals surface area contributed by atoms with E-state index in [9.17, 15) is 4.79 Å². The van der Waals surface area contributed by atoms with Crippen LogP contribution in [0, 0.1) is 11.3 Å². The molecule has 0 heterocycles. The first-order chi connectivity index (χ1) is 7.65. The molecule has 0 saturated carbocycles. The average molecular weight is 235 g/mol. The fourth-order valence-corrected chi connectivity index (χ4v) is 1.85. The van der Waals surface area contributed by atoms with E-state index in [1.165, 1.54) is 11.8 Å². The minimum Gasteiger partial charge on any atom is -0.459 e. The summed E-state index contributed by atoms with van der Waals surface area (Å²) in [4.78, 5) is 12.5. The lowest BCUT2D eigenvalue weighted by Gasteiger charge is -2.10. The second-order valence-corrected chi connectivity index (χ2v) is 4.41. The third kappa shape index (κ3) is 3.59. The number of thioether (sulfide) groups is 1. The number of rotatable bonds is 4. The highest BCUT2D eigenvalue weighted by molar-refractivity contribution is 7.99. The van der Waals surface area contributed by atoms with Gasteiger partial charge in [-0.05, 0) is 26.0 Å². The monoisotopic (exact) mass is 235 g/mol. The van der Waals surface area contributed by atoms with Crippen LogP contribution in [0.25, 0.3) is 0 Å². The molecule has 0 aliphatic carbocycles. The Bertz CT molecular complexity index is 410. The standard InChI is InChI=1S/C12H13NO2S/c1-9(2)15-12(14)10-5-3-4-6-11(10)16-8-7-13/h3-6,9H,8H2,1-2H3. The quantitative estimate of drug-likeness (QED) is 0.594. The van der Waals surface area contributed by atoms with E-state index in [1.54, 1.807) is 12.1 Å². The van der Waals surface area contributed by atoms with Gasteiger partial charge in [0.15, 0.2) is 0 Å². The molecule has 4 heteroatoms. The molecule has 0 amide bonds. The molecular weight excluding hydrogens is 222 g/mol. The highest BCUT2D eigenvalue weighted by Crippen LogP contribution is 2.23. The van der Waals surface area contributed by atoms with Gasteiger partial charge in [0, 0.05) is 4.90 Å². The summed E-state index contributed by atoms with van der Waals surface area (Å²) in [5.41, 5.74) is 0.524. The molecular formula is C12H13NO2S. The number of esters is 1. The normalized spacial score (nSPS) is 9.88. The maximum Gasteiger partial charge on any atom is 0.339 e. The summed E-state index contributed by atoms with van der Waals surface area (Å²) >= 11 is 1.34. The van der Waals surface area contributed by atoms with E-state index in [0.717, 1.165) is 4.90 Å². The van der Waals surface area contributed by atoms with Crippen LogP contribution in [0.1, 0.15) is 24.2 Å². The molecule has 0 bridgehead atoms. The number of hydrogen-bond acceptors (Lipinski definition) is 4. The molecule has 3 nitrogen and oxygen atoms in total. The summed E-state index contributed by atoms with van der Waals surface area (Å²) < 4.78 is 5.12. The van der Waals surface area contributed by atoms with Gasteiger partial charge in [0.25, 0.3) is 0 Å². The van der Waals surface area contributed by atoms with Crippen molar-refractivity contribution in [2.24, 2.45) is 0 Å². The van der Waals surface area contributed by atoms with Gasteiger partial charge in [0.2, 0.25) is 0 Å². The minimum atomic E-state index is -0.337. The molecule has 0 saturated heterocycles. The number of benzene rings is 1. The second-order valence-electron chi connectivity index (χ2n) is 3.40. The van der Waals surface area contributed by atoms with Crippen LogP contribution >= 0.6 is 11.8 Å². The van der Waals surface area contributed by atoms with Gasteiger partial charge in [-0.2, -0.15) is 5.26 Å². The highest BCUT2D eigenvalue weighted by Gasteiger charge is 2.13. The summed E-state index contributed by atoms with van der Waals surface area (Å²) in [6.07, 6.45) is -0.137. The van der Waals surface area contributed by atoms with E-state index < -0.39 is 0 Å². The molecule has 0 aliphatic rings. The van der Waals surface area contributed by atoms with Crippen molar-refractivity contribution in [1.82, 2.24) is 0 Å². The SMILES string of the molecule is CC(C)OC(=O)c1ccccc1SCC#N. The molecule has 0 radical (unpaired) electrons. The zero-order valence-electron chi connectivity index (χ0n) is 9.27. The Balaban J connectivity index is 2.86. The molecule has 84 valence electrons. The number of hydrogen-bond donors (Lipinski definition) is 0. The average Bonchev–Trinajstić information content (AvgIpc) is 2.25. The molecule has 1 rings (SSSR count). The molecule has 0 atom stereocenters. The summed E-state index contributed by atoms with van der Waals surface area (Å²) in [6.45, 7) is 3.62. The minimum absolute atomic E-state index is 0.137. The van der Waals surface area contributed by atoms with Crippen molar-refractivity contribution >= 4 is 17.7 Å². The zero-order chi connectivity index (χ0) is 12.0. The van der Waals surface area contributed by atoms with Crippen molar-refractivity contribution in [2.75, 3.05) is 5.75 Å². The highest BCUT2D eigenvalue weighted by atomic mass is 32.2. The van der Waals surface area contributed by atoms with Crippen LogP contribution < -0.4 is 0 Å². The van der Waals surface area contributed by atoms with E-state index in [2.05, 4.69) is 0 Å². The molecule has 1 aromatic rings. The van der Waals surface area contributed by atoms with Gasteiger partial charge in [0.05, 0.1) is 23.5 Å². The van der Waals surface area contributed by atoms with Gasteiger partial charge < -0.3 is 4.74 Å². The number of ether oxygens (including phenoxy) is 1. The van der Waals surface area contributed by atoms with Gasteiger partial charge >= 0.3 is 5.97 Å². The van der Waals surface area contributed by atoms with Crippen molar-refractivity contribution < 1.29 is 9.53 Å². The fraction of sp³-hybridized carbons (Fsp3) is 0.333. The summed E-state index contributed by atoms with van der Waals surface area (Å²) in [6, 6.07) is 9.19. The van der Waals surface area contributed by atoms with Gasteiger partial charge in [-0.25, -0.2) is 4.79 Å². The Morgan fingerprint density at radius 1 is 1.50 bits per heavy atom. The maximum absolute atomic E-state index is 11.7. The smallest absolute Gasteiger partial charge is 0.339 e. The van der Waals surface area contributed by atoms with Crippen LogP contribution in [-0.2, 0) is 4.74 Å². The van der Waals surface area contributed by atoms with Gasteiger partial charge in [-0.15, -0.1) is 11.8 Å².